The van der Waals surface area contributed by atoms with Crippen LogP contribution in [0.25, 0.3) is 11.1 Å². The molecule has 2 heterocycles. The molecule has 1 saturated heterocycles. The predicted octanol–water partition coefficient (Wildman–Crippen LogP) is 2.34. The van der Waals surface area contributed by atoms with E-state index >= 15 is 0 Å². The van der Waals surface area contributed by atoms with Crippen molar-refractivity contribution in [1.29, 1.82) is 0 Å². The summed E-state index contributed by atoms with van der Waals surface area (Å²) in [7, 11) is 0. The van der Waals surface area contributed by atoms with E-state index in [1.54, 1.807) is 31.3 Å². The summed E-state index contributed by atoms with van der Waals surface area (Å²) in [5.74, 6) is -1.22. The van der Waals surface area contributed by atoms with Gasteiger partial charge in [-0.15, -0.1) is 11.8 Å². The van der Waals surface area contributed by atoms with Gasteiger partial charge in [0.1, 0.15) is 5.76 Å². The lowest BCUT2D eigenvalue weighted by molar-refractivity contribution is -0.197. The molecular formula is C21H23NO8S. The first-order chi connectivity index (χ1) is 14.6. The largest absolute Gasteiger partial charge is 0.458 e. The van der Waals surface area contributed by atoms with Crippen molar-refractivity contribution in [2.75, 3.05) is 5.75 Å². The van der Waals surface area contributed by atoms with E-state index in [0.29, 0.717) is 11.3 Å². The number of esters is 3. The van der Waals surface area contributed by atoms with Gasteiger partial charge in [0.25, 0.3) is 0 Å². The number of rotatable bonds is 5. The summed E-state index contributed by atoms with van der Waals surface area (Å²) in [6.07, 6.45) is -1.86. The maximum atomic E-state index is 11.9. The molecule has 1 aliphatic heterocycles. The second-order valence-electron chi connectivity index (χ2n) is 7.14. The Hall–Kier alpha value is -2.85. The van der Waals surface area contributed by atoms with Crippen molar-refractivity contribution >= 4 is 29.7 Å². The standard InChI is InChI=1S/C21H23NO8S/c1-11-17(9-22-30-11)15-6-5-7-16(8-15)21(26)20(29-14(4)25)19(28-13(3)24)18(10-31-21)27-12(2)23/h5-9,18-20,26H,10H2,1-4H3/t18-,19+,20-,21-/m1/s1. The third kappa shape index (κ3) is 4.91. The second kappa shape index (κ2) is 9.11. The van der Waals surface area contributed by atoms with Crippen LogP contribution in [0.3, 0.4) is 0 Å². The van der Waals surface area contributed by atoms with Crippen molar-refractivity contribution in [1.82, 2.24) is 5.16 Å². The SMILES string of the molecule is CC(=O)O[C@@H]1[C@@H](OC(C)=O)[C@@](O)(c2cccc(-c3cnoc3C)c2)SC[C@H]1OC(C)=O. The molecule has 3 rings (SSSR count). The molecule has 0 saturated carbocycles. The number of carbonyl (C=O) groups is 3. The third-order valence-corrected chi connectivity index (χ3v) is 6.17. The fraction of sp³-hybridized carbons (Fsp3) is 0.429. The summed E-state index contributed by atoms with van der Waals surface area (Å²) in [6, 6.07) is 6.96. The van der Waals surface area contributed by atoms with Gasteiger partial charge in [-0.3, -0.25) is 14.4 Å². The molecule has 10 heteroatoms. The van der Waals surface area contributed by atoms with Gasteiger partial charge in [0.05, 0.1) is 6.20 Å². The number of ether oxygens (including phenoxy) is 3. The van der Waals surface area contributed by atoms with E-state index in [-0.39, 0.29) is 5.75 Å². The molecule has 1 fully saturated rings. The topological polar surface area (TPSA) is 125 Å². The Morgan fingerprint density at radius 2 is 1.81 bits per heavy atom. The smallest absolute Gasteiger partial charge is 0.303 e. The van der Waals surface area contributed by atoms with E-state index in [1.165, 1.54) is 20.8 Å². The van der Waals surface area contributed by atoms with Gasteiger partial charge in [-0.2, -0.15) is 0 Å². The normalized spacial score (nSPS) is 25.5. The summed E-state index contributed by atoms with van der Waals surface area (Å²) in [5.41, 5.74) is 1.89. The summed E-state index contributed by atoms with van der Waals surface area (Å²) in [5, 5.41) is 15.5. The molecule has 1 N–H and O–H groups in total. The Kier molecular flexibility index (Phi) is 6.71. The number of aromatic nitrogens is 1. The fourth-order valence-electron chi connectivity index (χ4n) is 3.51. The van der Waals surface area contributed by atoms with Gasteiger partial charge >= 0.3 is 17.9 Å². The number of benzene rings is 1. The van der Waals surface area contributed by atoms with Crippen LogP contribution in [0.15, 0.2) is 35.0 Å². The first-order valence-corrected chi connectivity index (χ1v) is 10.5. The fourth-order valence-corrected chi connectivity index (χ4v) is 4.82. The minimum absolute atomic E-state index is 0.113. The quantitative estimate of drug-likeness (QED) is 0.537. The van der Waals surface area contributed by atoms with Crippen LogP contribution in [0.4, 0.5) is 0 Å². The molecule has 1 aromatic carbocycles. The highest BCUT2D eigenvalue weighted by Crippen LogP contribution is 2.47. The minimum atomic E-state index is -1.77. The van der Waals surface area contributed by atoms with Gasteiger partial charge in [0.2, 0.25) is 0 Å². The Morgan fingerprint density at radius 1 is 1.13 bits per heavy atom. The maximum absolute atomic E-state index is 11.9. The van der Waals surface area contributed by atoms with Crippen molar-refractivity contribution < 1.29 is 38.2 Å². The third-order valence-electron chi connectivity index (χ3n) is 4.77. The molecule has 0 amide bonds. The maximum Gasteiger partial charge on any atom is 0.303 e. The first kappa shape index (κ1) is 22.8. The molecule has 0 bridgehead atoms. The Morgan fingerprint density at radius 3 is 2.39 bits per heavy atom. The van der Waals surface area contributed by atoms with Crippen LogP contribution in [-0.2, 0) is 33.5 Å². The highest BCUT2D eigenvalue weighted by atomic mass is 32.2. The molecule has 0 unspecified atom stereocenters. The van der Waals surface area contributed by atoms with Crippen LogP contribution >= 0.6 is 11.8 Å². The Balaban J connectivity index is 2.06. The number of nitrogens with zero attached hydrogens (tertiary/aromatic N) is 1. The molecule has 0 radical (unpaired) electrons. The summed E-state index contributed by atoms with van der Waals surface area (Å²) >= 11 is 1.03. The average Bonchev–Trinajstić information content (AvgIpc) is 3.12. The van der Waals surface area contributed by atoms with E-state index in [2.05, 4.69) is 5.16 Å². The van der Waals surface area contributed by atoms with Crippen LogP contribution in [0.5, 0.6) is 0 Å². The van der Waals surface area contributed by atoms with Gasteiger partial charge in [0, 0.05) is 32.1 Å². The number of carbonyl (C=O) groups excluding carboxylic acids is 3. The zero-order valence-electron chi connectivity index (χ0n) is 17.5. The molecule has 4 atom stereocenters. The van der Waals surface area contributed by atoms with Crippen molar-refractivity contribution in [3.8, 4) is 11.1 Å². The van der Waals surface area contributed by atoms with Crippen molar-refractivity contribution in [2.45, 2.75) is 50.9 Å². The zero-order chi connectivity index (χ0) is 22.8. The molecule has 31 heavy (non-hydrogen) atoms. The van der Waals surface area contributed by atoms with Gasteiger partial charge in [-0.1, -0.05) is 23.4 Å². The molecule has 0 aliphatic carbocycles. The van der Waals surface area contributed by atoms with E-state index in [4.69, 9.17) is 18.7 Å². The van der Waals surface area contributed by atoms with Crippen LogP contribution in [0.1, 0.15) is 32.1 Å². The van der Waals surface area contributed by atoms with Gasteiger partial charge in [0.15, 0.2) is 23.2 Å². The Bertz CT molecular complexity index is 989. The molecule has 9 nitrogen and oxygen atoms in total. The number of hydrogen-bond donors (Lipinski definition) is 1. The number of hydrogen-bond acceptors (Lipinski definition) is 10. The van der Waals surface area contributed by atoms with Gasteiger partial charge in [-0.25, -0.2) is 0 Å². The Labute approximate surface area is 183 Å². The zero-order valence-corrected chi connectivity index (χ0v) is 18.3. The first-order valence-electron chi connectivity index (χ1n) is 9.52. The van der Waals surface area contributed by atoms with E-state index in [0.717, 1.165) is 22.9 Å². The highest BCUT2D eigenvalue weighted by Gasteiger charge is 2.55. The van der Waals surface area contributed by atoms with E-state index < -0.39 is 41.2 Å². The summed E-state index contributed by atoms with van der Waals surface area (Å²) in [6.45, 7) is 5.36. The van der Waals surface area contributed by atoms with Crippen LogP contribution < -0.4 is 0 Å². The van der Waals surface area contributed by atoms with E-state index in [9.17, 15) is 19.5 Å². The highest BCUT2D eigenvalue weighted by molar-refractivity contribution is 8.00. The number of aryl methyl sites for hydroxylation is 1. The lowest BCUT2D eigenvalue weighted by atomic mass is 9.93. The van der Waals surface area contributed by atoms with Crippen LogP contribution in [0.2, 0.25) is 0 Å². The molecule has 2 aromatic rings. The van der Waals surface area contributed by atoms with Crippen LogP contribution in [-0.4, -0.2) is 52.2 Å². The summed E-state index contributed by atoms with van der Waals surface area (Å²) in [4.78, 5) is 33.4. The summed E-state index contributed by atoms with van der Waals surface area (Å²) < 4.78 is 21.2. The molecule has 1 aromatic heterocycles. The lowest BCUT2D eigenvalue weighted by Gasteiger charge is -2.45. The molecule has 0 spiro atoms. The van der Waals surface area contributed by atoms with Crippen molar-refractivity contribution in [3.63, 3.8) is 0 Å². The average molecular weight is 449 g/mol. The van der Waals surface area contributed by atoms with Crippen molar-refractivity contribution in [2.24, 2.45) is 0 Å². The molecule has 166 valence electrons. The monoisotopic (exact) mass is 449 g/mol. The van der Waals surface area contributed by atoms with Gasteiger partial charge < -0.3 is 23.8 Å². The minimum Gasteiger partial charge on any atom is -0.458 e. The molecule has 1 aliphatic rings. The second-order valence-corrected chi connectivity index (χ2v) is 8.38. The number of aliphatic hydroxyl groups is 1. The van der Waals surface area contributed by atoms with Gasteiger partial charge in [-0.05, 0) is 24.1 Å². The van der Waals surface area contributed by atoms with E-state index in [1.807, 2.05) is 6.07 Å². The molecular weight excluding hydrogens is 426 g/mol. The lowest BCUT2D eigenvalue weighted by Crippen LogP contribution is -2.58. The van der Waals surface area contributed by atoms with Crippen LogP contribution in [0, 0.1) is 6.92 Å². The number of thioether (sulfide) groups is 1. The van der Waals surface area contributed by atoms with Crippen molar-refractivity contribution in [3.05, 3.63) is 41.8 Å². The predicted molar refractivity (Wildman–Crippen MR) is 110 cm³/mol.